The van der Waals surface area contributed by atoms with Crippen molar-refractivity contribution in [3.8, 4) is 11.5 Å². The molecule has 0 bridgehead atoms. The molecule has 0 spiro atoms. The first kappa shape index (κ1) is 21.1. The minimum atomic E-state index is -0.172. The number of rotatable bonds is 5. The van der Waals surface area contributed by atoms with E-state index in [4.69, 9.17) is 16.3 Å². The molecule has 7 heteroatoms. The van der Waals surface area contributed by atoms with E-state index < -0.39 is 0 Å². The van der Waals surface area contributed by atoms with Gasteiger partial charge in [0.1, 0.15) is 17.2 Å². The molecule has 1 aliphatic heterocycles. The van der Waals surface area contributed by atoms with E-state index in [1.165, 1.54) is 17.2 Å². The summed E-state index contributed by atoms with van der Waals surface area (Å²) in [6.07, 6.45) is 4.41. The van der Waals surface area contributed by atoms with Gasteiger partial charge >= 0.3 is 6.03 Å². The number of hydrogen-bond acceptors (Lipinski definition) is 4. The third kappa shape index (κ3) is 5.33. The smallest absolute Gasteiger partial charge is 0.344 e. The van der Waals surface area contributed by atoms with Crippen LogP contribution in [0.25, 0.3) is 0 Å². The third-order valence-corrected chi connectivity index (χ3v) is 5.78. The van der Waals surface area contributed by atoms with E-state index in [1.54, 1.807) is 29.3 Å². The number of carbonyl (C=O) groups excluding carboxylic acids is 2. The summed E-state index contributed by atoms with van der Waals surface area (Å²) in [6, 6.07) is 16.8. The average Bonchev–Trinajstić information content (AvgIpc) is 3.28. The summed E-state index contributed by atoms with van der Waals surface area (Å²) in [5.41, 5.74) is 1.57. The molecule has 2 heterocycles. The first-order valence-electron chi connectivity index (χ1n) is 10.4. The molecule has 0 radical (unpaired) electrons. The Morgan fingerprint density at radius 1 is 1.00 bits per heavy atom. The van der Waals surface area contributed by atoms with Gasteiger partial charge in [-0.1, -0.05) is 23.7 Å². The van der Waals surface area contributed by atoms with Gasteiger partial charge in [0.05, 0.1) is 0 Å². The summed E-state index contributed by atoms with van der Waals surface area (Å²) in [5.74, 6) is 1.92. The fraction of sp³-hybridized carbons (Fsp3) is 0.292. The van der Waals surface area contributed by atoms with Crippen molar-refractivity contribution in [3.63, 3.8) is 0 Å². The Labute approximate surface area is 186 Å². The highest BCUT2D eigenvalue weighted by molar-refractivity contribution is 6.30. The number of carbonyl (C=O) groups is 2. The average molecular weight is 438 g/mol. The molecule has 2 aromatic carbocycles. The molecule has 1 aliphatic rings. The van der Waals surface area contributed by atoms with Gasteiger partial charge in [0.2, 0.25) is 0 Å². The zero-order valence-corrected chi connectivity index (χ0v) is 18.1. The Bertz CT molecular complexity index is 1050. The van der Waals surface area contributed by atoms with Crippen molar-refractivity contribution in [1.82, 2.24) is 14.7 Å². The predicted molar refractivity (Wildman–Crippen MR) is 119 cm³/mol. The van der Waals surface area contributed by atoms with Crippen molar-refractivity contribution >= 4 is 23.4 Å². The molecule has 160 valence electrons. The van der Waals surface area contributed by atoms with Crippen molar-refractivity contribution in [2.45, 2.75) is 26.2 Å². The molecule has 1 aromatic heterocycles. The van der Waals surface area contributed by atoms with Crippen LogP contribution in [0, 0.1) is 5.92 Å². The van der Waals surface area contributed by atoms with Crippen molar-refractivity contribution < 1.29 is 14.3 Å². The summed E-state index contributed by atoms with van der Waals surface area (Å²) < 4.78 is 7.11. The molecule has 0 atom stereocenters. The lowest BCUT2D eigenvalue weighted by Gasteiger charge is -2.31. The van der Waals surface area contributed by atoms with Crippen LogP contribution >= 0.6 is 11.6 Å². The number of ketones is 1. The molecule has 3 aromatic rings. The number of aromatic nitrogens is 2. The zero-order valence-electron chi connectivity index (χ0n) is 17.3. The lowest BCUT2D eigenvalue weighted by Crippen LogP contribution is -2.41. The van der Waals surface area contributed by atoms with Crippen LogP contribution in [0.3, 0.4) is 0 Å². The molecule has 0 unspecified atom stereocenters. The number of likely N-dealkylation sites (tertiary alicyclic amines) is 1. The summed E-state index contributed by atoms with van der Waals surface area (Å²) in [7, 11) is 0. The first-order chi connectivity index (χ1) is 15.0. The van der Waals surface area contributed by atoms with E-state index in [-0.39, 0.29) is 11.8 Å². The largest absolute Gasteiger partial charge is 0.457 e. The van der Waals surface area contributed by atoms with Gasteiger partial charge in [-0.2, -0.15) is 9.78 Å². The minimum absolute atomic E-state index is 0.144. The summed E-state index contributed by atoms with van der Waals surface area (Å²) in [6.45, 7) is 2.83. The van der Waals surface area contributed by atoms with Gasteiger partial charge in [0.25, 0.3) is 0 Å². The normalized spacial score (nSPS) is 14.5. The van der Waals surface area contributed by atoms with Crippen LogP contribution in [0.2, 0.25) is 5.02 Å². The Kier molecular flexibility index (Phi) is 6.37. The van der Waals surface area contributed by atoms with E-state index in [0.29, 0.717) is 29.7 Å². The van der Waals surface area contributed by atoms with Crippen molar-refractivity contribution in [2.75, 3.05) is 13.1 Å². The van der Waals surface area contributed by atoms with E-state index in [2.05, 4.69) is 17.2 Å². The number of piperidine rings is 1. The third-order valence-electron chi connectivity index (χ3n) is 5.53. The monoisotopic (exact) mass is 437 g/mol. The highest BCUT2D eigenvalue weighted by Crippen LogP contribution is 2.26. The van der Waals surface area contributed by atoms with Gasteiger partial charge in [-0.3, -0.25) is 4.79 Å². The van der Waals surface area contributed by atoms with Crippen LogP contribution in [0.5, 0.6) is 11.5 Å². The molecule has 1 saturated heterocycles. The standard InChI is InChI=1S/C24H24ClN3O3/c1-17(29)23-12-15-28(26-23)24(30)27-13-10-19(11-14-27)16-18-2-6-21(7-3-18)31-22-8-4-20(25)5-9-22/h2-9,12,15,19H,10-11,13-14,16H2,1H3. The van der Waals surface area contributed by atoms with Crippen molar-refractivity contribution in [2.24, 2.45) is 5.92 Å². The van der Waals surface area contributed by atoms with Crippen LogP contribution in [0.15, 0.2) is 60.8 Å². The number of hydrogen-bond donors (Lipinski definition) is 0. The highest BCUT2D eigenvalue weighted by Gasteiger charge is 2.24. The quantitative estimate of drug-likeness (QED) is 0.497. The second-order valence-corrected chi connectivity index (χ2v) is 8.26. The van der Waals surface area contributed by atoms with Crippen LogP contribution in [0.1, 0.15) is 35.8 Å². The molecular weight excluding hydrogens is 414 g/mol. The molecule has 31 heavy (non-hydrogen) atoms. The molecule has 6 nitrogen and oxygen atoms in total. The van der Waals surface area contributed by atoms with Crippen molar-refractivity contribution in [1.29, 1.82) is 0 Å². The van der Waals surface area contributed by atoms with Gasteiger partial charge in [-0.05, 0) is 73.2 Å². The van der Waals surface area contributed by atoms with E-state index in [1.807, 2.05) is 24.3 Å². The highest BCUT2D eigenvalue weighted by atomic mass is 35.5. The van der Waals surface area contributed by atoms with Crippen LogP contribution in [0.4, 0.5) is 4.79 Å². The number of halogens is 1. The lowest BCUT2D eigenvalue weighted by molar-refractivity contribution is 0.101. The maximum Gasteiger partial charge on any atom is 0.344 e. The molecular formula is C24H24ClN3O3. The van der Waals surface area contributed by atoms with Crippen LogP contribution in [-0.4, -0.2) is 39.6 Å². The lowest BCUT2D eigenvalue weighted by atomic mass is 9.90. The predicted octanol–water partition coefficient (Wildman–Crippen LogP) is 5.45. The number of amides is 1. The number of ether oxygens (including phenoxy) is 1. The minimum Gasteiger partial charge on any atom is -0.457 e. The fourth-order valence-corrected chi connectivity index (χ4v) is 3.88. The fourth-order valence-electron chi connectivity index (χ4n) is 3.76. The number of benzene rings is 2. The summed E-state index contributed by atoms with van der Waals surface area (Å²) in [5, 5.41) is 4.75. The molecule has 4 rings (SSSR count). The topological polar surface area (TPSA) is 64.4 Å². The van der Waals surface area contributed by atoms with E-state index >= 15 is 0 Å². The molecule has 1 fully saturated rings. The molecule has 1 amide bonds. The van der Waals surface area contributed by atoms with Gasteiger partial charge in [0, 0.05) is 31.2 Å². The maximum atomic E-state index is 12.6. The second kappa shape index (κ2) is 9.35. The molecule has 0 aliphatic carbocycles. The summed E-state index contributed by atoms with van der Waals surface area (Å²) >= 11 is 5.90. The Hall–Kier alpha value is -3.12. The van der Waals surface area contributed by atoms with Crippen molar-refractivity contribution in [3.05, 3.63) is 77.1 Å². The Morgan fingerprint density at radius 3 is 2.19 bits per heavy atom. The van der Waals surface area contributed by atoms with Gasteiger partial charge in [-0.15, -0.1) is 0 Å². The van der Waals surface area contributed by atoms with Gasteiger partial charge in [0.15, 0.2) is 5.78 Å². The maximum absolute atomic E-state index is 12.6. The number of Topliss-reactive ketones (excluding diaryl/α,β-unsaturated/α-hetero) is 1. The SMILES string of the molecule is CC(=O)c1ccn(C(=O)N2CCC(Cc3ccc(Oc4ccc(Cl)cc4)cc3)CC2)n1. The van der Waals surface area contributed by atoms with Gasteiger partial charge in [-0.25, -0.2) is 4.79 Å². The first-order valence-corrected chi connectivity index (χ1v) is 10.7. The second-order valence-electron chi connectivity index (χ2n) is 7.82. The van der Waals surface area contributed by atoms with Gasteiger partial charge < -0.3 is 9.64 Å². The zero-order chi connectivity index (χ0) is 21.8. The van der Waals surface area contributed by atoms with Crippen LogP contribution in [-0.2, 0) is 6.42 Å². The molecule has 0 saturated carbocycles. The summed E-state index contributed by atoms with van der Waals surface area (Å²) in [4.78, 5) is 25.8. The Morgan fingerprint density at radius 2 is 1.61 bits per heavy atom. The van der Waals surface area contributed by atoms with Crippen LogP contribution < -0.4 is 4.74 Å². The molecule has 0 N–H and O–H groups in total. The van der Waals surface area contributed by atoms with E-state index in [9.17, 15) is 9.59 Å². The number of nitrogens with zero attached hydrogens (tertiary/aromatic N) is 3. The Balaban J connectivity index is 1.28. The van der Waals surface area contributed by atoms with E-state index in [0.717, 1.165) is 30.8 Å².